The number of hydrogen-bond acceptors (Lipinski definition) is 8. The minimum atomic E-state index is -1.50. The van der Waals surface area contributed by atoms with Gasteiger partial charge in [0.05, 0.1) is 33.4 Å². The van der Waals surface area contributed by atoms with E-state index in [9.17, 15) is 0 Å². The summed E-state index contributed by atoms with van der Waals surface area (Å²) in [5, 5.41) is 18.8. The van der Waals surface area contributed by atoms with Crippen LogP contribution in [0.3, 0.4) is 0 Å². The van der Waals surface area contributed by atoms with Gasteiger partial charge in [-0.3, -0.25) is 4.98 Å². The standard InChI is InChI=1S/C23H22Cl2N6O2.C3H8O2/c1-30(2)13-29-22-17-7-8-31(23(17)28-12-27-22)20-6-4-15(33-20)11-32-14-3-5-16-19(9-14)26-10-18(24)21(16)25;1-3(2,4)5/h3,5,7-10,12-13,15,20H,4,6,11H2,1-2H3;4-5H,1-2H3/b29-13+;/t15-,20+;/m0./s1. The summed E-state index contributed by atoms with van der Waals surface area (Å²) in [6.45, 7) is 3.04. The number of pyridine rings is 1. The molecule has 0 aliphatic carbocycles. The Morgan fingerprint density at radius 1 is 1.16 bits per heavy atom. The maximum absolute atomic E-state index is 8.08. The second-order valence-electron chi connectivity index (χ2n) is 9.56. The quantitative estimate of drug-likeness (QED) is 0.193. The molecule has 4 aromatic rings. The lowest BCUT2D eigenvalue weighted by Gasteiger charge is -2.16. The molecule has 4 heterocycles. The number of hydrogen-bond donors (Lipinski definition) is 2. The van der Waals surface area contributed by atoms with Gasteiger partial charge in [0.2, 0.25) is 0 Å². The maximum atomic E-state index is 8.08. The molecular formula is C26H30Cl2N6O4. The Morgan fingerprint density at radius 2 is 1.92 bits per heavy atom. The normalized spacial score (nSPS) is 17.7. The Kier molecular flexibility index (Phi) is 8.69. The van der Waals surface area contributed by atoms with E-state index in [0.717, 1.165) is 34.8 Å². The largest absolute Gasteiger partial charge is 0.491 e. The van der Waals surface area contributed by atoms with Gasteiger partial charge in [0.15, 0.2) is 11.6 Å². The molecule has 202 valence electrons. The second-order valence-corrected chi connectivity index (χ2v) is 10.3. The monoisotopic (exact) mass is 560 g/mol. The Labute approximate surface area is 230 Å². The van der Waals surface area contributed by atoms with Crippen LogP contribution in [0.25, 0.3) is 21.9 Å². The third kappa shape index (κ3) is 7.09. The van der Waals surface area contributed by atoms with Crippen molar-refractivity contribution in [1.29, 1.82) is 0 Å². The van der Waals surface area contributed by atoms with E-state index in [-0.39, 0.29) is 12.3 Å². The van der Waals surface area contributed by atoms with Crippen molar-refractivity contribution >= 4 is 57.3 Å². The van der Waals surface area contributed by atoms with Crippen molar-refractivity contribution in [2.24, 2.45) is 4.99 Å². The molecule has 38 heavy (non-hydrogen) atoms. The van der Waals surface area contributed by atoms with Crippen LogP contribution in [0.5, 0.6) is 5.75 Å². The molecule has 10 nitrogen and oxygen atoms in total. The zero-order valence-corrected chi connectivity index (χ0v) is 23.1. The summed E-state index contributed by atoms with van der Waals surface area (Å²) in [4.78, 5) is 19.4. The van der Waals surface area contributed by atoms with Crippen LogP contribution in [-0.2, 0) is 4.74 Å². The van der Waals surface area contributed by atoms with E-state index in [2.05, 4.69) is 19.9 Å². The molecule has 0 spiro atoms. The molecule has 2 N–H and O–H groups in total. The van der Waals surface area contributed by atoms with E-state index in [1.165, 1.54) is 20.2 Å². The van der Waals surface area contributed by atoms with Gasteiger partial charge >= 0.3 is 0 Å². The number of rotatable bonds is 6. The molecule has 0 amide bonds. The van der Waals surface area contributed by atoms with Crippen LogP contribution in [0.15, 0.2) is 48.0 Å². The SMILES string of the molecule is CC(C)(O)O.CN(C)/C=N/c1ncnc2c1ccn2[C@H]1CC[C@@H](COc2ccc3c(Cl)c(Cl)cnc3c2)O1. The Bertz CT molecular complexity index is 1430. The van der Waals surface area contributed by atoms with E-state index in [0.29, 0.717) is 28.2 Å². The summed E-state index contributed by atoms with van der Waals surface area (Å²) >= 11 is 12.3. The van der Waals surface area contributed by atoms with Gasteiger partial charge < -0.3 is 29.2 Å². The minimum Gasteiger partial charge on any atom is -0.491 e. The minimum absolute atomic E-state index is 0.0296. The molecule has 12 heteroatoms. The van der Waals surface area contributed by atoms with Crippen molar-refractivity contribution in [2.75, 3.05) is 20.7 Å². The molecule has 1 fully saturated rings. The summed E-state index contributed by atoms with van der Waals surface area (Å²) in [6.07, 6.45) is 8.39. The first-order valence-corrected chi connectivity index (χ1v) is 12.7. The van der Waals surface area contributed by atoms with Gasteiger partial charge in [-0.05, 0) is 44.9 Å². The summed E-state index contributed by atoms with van der Waals surface area (Å²) in [5.74, 6) is -0.153. The zero-order valence-electron chi connectivity index (χ0n) is 21.5. The van der Waals surface area contributed by atoms with E-state index in [4.69, 9.17) is 42.9 Å². The fraction of sp³-hybridized carbons (Fsp3) is 0.385. The lowest BCUT2D eigenvalue weighted by molar-refractivity contribution is -0.127. The van der Waals surface area contributed by atoms with Crippen molar-refractivity contribution < 1.29 is 19.7 Å². The molecule has 1 aliphatic heterocycles. The summed E-state index contributed by atoms with van der Waals surface area (Å²) in [7, 11) is 3.83. The van der Waals surface area contributed by atoms with Crippen molar-refractivity contribution in [2.45, 2.75) is 44.8 Å². The van der Waals surface area contributed by atoms with E-state index < -0.39 is 5.79 Å². The Morgan fingerprint density at radius 3 is 2.66 bits per heavy atom. The number of nitrogens with zero attached hydrogens (tertiary/aromatic N) is 6. The van der Waals surface area contributed by atoms with Gasteiger partial charge in [0.25, 0.3) is 0 Å². The number of halogens is 2. The molecule has 0 unspecified atom stereocenters. The smallest absolute Gasteiger partial charge is 0.166 e. The van der Waals surface area contributed by atoms with Crippen molar-refractivity contribution in [1.82, 2.24) is 24.4 Å². The predicted octanol–water partition coefficient (Wildman–Crippen LogP) is 4.97. The fourth-order valence-electron chi connectivity index (χ4n) is 3.87. The van der Waals surface area contributed by atoms with E-state index >= 15 is 0 Å². The maximum Gasteiger partial charge on any atom is 0.166 e. The molecule has 5 rings (SSSR count). The Hall–Kier alpha value is -3.02. The third-order valence-corrected chi connectivity index (χ3v) is 6.25. The molecule has 0 radical (unpaired) electrons. The fourth-order valence-corrected chi connectivity index (χ4v) is 4.23. The van der Waals surface area contributed by atoms with Crippen LogP contribution in [0, 0.1) is 0 Å². The average Bonchev–Trinajstić information content (AvgIpc) is 3.50. The Balaban J connectivity index is 0.000000617. The van der Waals surface area contributed by atoms with Gasteiger partial charge in [-0.25, -0.2) is 15.0 Å². The number of aliphatic hydroxyl groups is 2. The third-order valence-electron chi connectivity index (χ3n) is 5.46. The first-order valence-electron chi connectivity index (χ1n) is 12.0. The van der Waals surface area contributed by atoms with Crippen LogP contribution in [-0.4, -0.2) is 73.6 Å². The highest BCUT2D eigenvalue weighted by atomic mass is 35.5. The lowest BCUT2D eigenvalue weighted by Crippen LogP contribution is -2.18. The van der Waals surface area contributed by atoms with Crippen LogP contribution in [0.2, 0.25) is 10.0 Å². The highest BCUT2D eigenvalue weighted by molar-refractivity contribution is 6.45. The first-order chi connectivity index (χ1) is 18.0. The van der Waals surface area contributed by atoms with Gasteiger partial charge in [-0.2, -0.15) is 0 Å². The molecule has 0 bridgehead atoms. The molecule has 1 aliphatic rings. The molecule has 1 saturated heterocycles. The second kappa shape index (κ2) is 11.8. The predicted molar refractivity (Wildman–Crippen MR) is 148 cm³/mol. The van der Waals surface area contributed by atoms with Crippen LogP contribution >= 0.6 is 23.2 Å². The summed E-state index contributed by atoms with van der Waals surface area (Å²) in [6, 6.07) is 7.57. The van der Waals surface area contributed by atoms with E-state index in [1.807, 2.05) is 54.0 Å². The average molecular weight is 561 g/mol. The number of benzene rings is 1. The summed E-state index contributed by atoms with van der Waals surface area (Å²) < 4.78 is 14.3. The molecule has 1 aromatic carbocycles. The number of aromatic nitrogens is 4. The molecular weight excluding hydrogens is 531 g/mol. The van der Waals surface area contributed by atoms with Gasteiger partial charge in [0, 0.05) is 37.9 Å². The first kappa shape index (κ1) is 28.0. The van der Waals surface area contributed by atoms with Crippen molar-refractivity contribution in [3.05, 3.63) is 53.0 Å². The van der Waals surface area contributed by atoms with Crippen LogP contribution in [0.1, 0.15) is 32.9 Å². The lowest BCUT2D eigenvalue weighted by atomic mass is 10.2. The van der Waals surface area contributed by atoms with Gasteiger partial charge in [-0.1, -0.05) is 23.2 Å². The molecule has 3 aromatic heterocycles. The highest BCUT2D eigenvalue weighted by Gasteiger charge is 2.28. The van der Waals surface area contributed by atoms with Gasteiger partial charge in [-0.15, -0.1) is 0 Å². The van der Waals surface area contributed by atoms with E-state index in [1.54, 1.807) is 12.5 Å². The number of aliphatic imine (C=N–C) groups is 1. The summed E-state index contributed by atoms with van der Waals surface area (Å²) in [5.41, 5.74) is 1.54. The zero-order chi connectivity index (χ0) is 27.4. The number of ether oxygens (including phenoxy) is 2. The molecule has 0 saturated carbocycles. The van der Waals surface area contributed by atoms with Crippen LogP contribution < -0.4 is 4.74 Å². The topological polar surface area (TPSA) is 118 Å². The van der Waals surface area contributed by atoms with Crippen LogP contribution in [0.4, 0.5) is 5.82 Å². The molecule has 2 atom stereocenters. The van der Waals surface area contributed by atoms with Crippen molar-refractivity contribution in [3.8, 4) is 5.75 Å². The van der Waals surface area contributed by atoms with Gasteiger partial charge in [0.1, 0.15) is 30.6 Å². The highest BCUT2D eigenvalue weighted by Crippen LogP contribution is 2.34. The number of fused-ring (bicyclic) bond motifs is 2. The van der Waals surface area contributed by atoms with Crippen molar-refractivity contribution in [3.63, 3.8) is 0 Å².